The summed E-state index contributed by atoms with van der Waals surface area (Å²) in [6, 6.07) is 6.45. The average Bonchev–Trinajstić information content (AvgIpc) is 2.37. The van der Waals surface area contributed by atoms with Gasteiger partial charge in [0.25, 0.3) is 5.91 Å². The van der Waals surface area contributed by atoms with E-state index in [1.54, 1.807) is 6.07 Å². The Morgan fingerprint density at radius 2 is 2.00 bits per heavy atom. The molecule has 1 aromatic carbocycles. The maximum absolute atomic E-state index is 11.9. The fourth-order valence-corrected chi connectivity index (χ4v) is 1.53. The Hall–Kier alpha value is -2.04. The fourth-order valence-electron chi connectivity index (χ4n) is 1.53. The number of carboxylic acid groups (broad SMARTS) is 1. The largest absolute Gasteiger partial charge is 0.480 e. The number of hydrogen-bond donors (Lipinski definition) is 2. The molecule has 0 heterocycles. The van der Waals surface area contributed by atoms with E-state index >= 15 is 0 Å². The average molecular weight is 265 g/mol. The third-order valence-corrected chi connectivity index (χ3v) is 2.76. The number of hydrogen-bond acceptors (Lipinski definition) is 3. The molecule has 1 amide bonds. The van der Waals surface area contributed by atoms with Crippen molar-refractivity contribution in [2.24, 2.45) is 0 Å². The van der Waals surface area contributed by atoms with E-state index in [0.29, 0.717) is 12.2 Å². The molecule has 19 heavy (non-hydrogen) atoms. The van der Waals surface area contributed by atoms with Crippen molar-refractivity contribution >= 4 is 11.9 Å². The molecular formula is C14H19NO4. The van der Waals surface area contributed by atoms with E-state index in [9.17, 15) is 9.59 Å². The predicted octanol–water partition coefficient (Wildman–Crippen LogP) is 1.74. The SMILES string of the molecule is CCC(Oc1ccccc1C)C(=O)NC(C)C(=O)O. The molecule has 0 fully saturated rings. The molecule has 2 unspecified atom stereocenters. The van der Waals surface area contributed by atoms with Crippen LogP contribution >= 0.6 is 0 Å². The fraction of sp³-hybridized carbons (Fsp3) is 0.429. The smallest absolute Gasteiger partial charge is 0.325 e. The lowest BCUT2D eigenvalue weighted by atomic mass is 10.2. The molecule has 5 heteroatoms. The summed E-state index contributed by atoms with van der Waals surface area (Å²) in [6.45, 7) is 5.12. The van der Waals surface area contributed by atoms with Gasteiger partial charge in [-0.2, -0.15) is 0 Å². The van der Waals surface area contributed by atoms with Crippen LogP contribution in [0.4, 0.5) is 0 Å². The molecule has 0 saturated heterocycles. The molecule has 1 rings (SSSR count). The Labute approximate surface area is 112 Å². The first-order valence-corrected chi connectivity index (χ1v) is 6.21. The highest BCUT2D eigenvalue weighted by atomic mass is 16.5. The van der Waals surface area contributed by atoms with Gasteiger partial charge in [-0.25, -0.2) is 0 Å². The van der Waals surface area contributed by atoms with Crippen LogP contribution in [0.25, 0.3) is 0 Å². The molecule has 2 atom stereocenters. The number of aryl methyl sites for hydroxylation is 1. The quantitative estimate of drug-likeness (QED) is 0.821. The maximum atomic E-state index is 11.9. The Bertz CT molecular complexity index is 459. The molecule has 0 saturated carbocycles. The molecule has 0 aromatic heterocycles. The van der Waals surface area contributed by atoms with Crippen molar-refractivity contribution in [1.29, 1.82) is 0 Å². The monoisotopic (exact) mass is 265 g/mol. The minimum atomic E-state index is -1.07. The molecule has 0 aliphatic carbocycles. The minimum Gasteiger partial charge on any atom is -0.480 e. The topological polar surface area (TPSA) is 75.6 Å². The summed E-state index contributed by atoms with van der Waals surface area (Å²) in [7, 11) is 0. The molecule has 0 spiro atoms. The van der Waals surface area contributed by atoms with Crippen LogP contribution in [-0.2, 0) is 9.59 Å². The summed E-state index contributed by atoms with van der Waals surface area (Å²) in [6.07, 6.45) is -0.227. The summed E-state index contributed by atoms with van der Waals surface area (Å²) in [5, 5.41) is 11.2. The second-order valence-corrected chi connectivity index (χ2v) is 4.35. The first kappa shape index (κ1) is 15.0. The summed E-state index contributed by atoms with van der Waals surface area (Å²) < 4.78 is 5.63. The summed E-state index contributed by atoms with van der Waals surface area (Å²) >= 11 is 0. The Balaban J connectivity index is 2.71. The van der Waals surface area contributed by atoms with Crippen molar-refractivity contribution in [3.05, 3.63) is 29.8 Å². The Morgan fingerprint density at radius 3 is 2.53 bits per heavy atom. The molecule has 0 aliphatic rings. The number of aliphatic carboxylic acids is 1. The zero-order chi connectivity index (χ0) is 14.4. The lowest BCUT2D eigenvalue weighted by Crippen LogP contribution is -2.45. The number of carboxylic acids is 1. The van der Waals surface area contributed by atoms with Gasteiger partial charge >= 0.3 is 5.97 Å². The number of para-hydroxylation sites is 1. The lowest BCUT2D eigenvalue weighted by molar-refractivity contribution is -0.142. The molecular weight excluding hydrogens is 246 g/mol. The van der Waals surface area contributed by atoms with Gasteiger partial charge in [-0.1, -0.05) is 25.1 Å². The van der Waals surface area contributed by atoms with Crippen molar-refractivity contribution in [2.75, 3.05) is 0 Å². The van der Waals surface area contributed by atoms with E-state index in [-0.39, 0.29) is 0 Å². The molecule has 0 aliphatic heterocycles. The van der Waals surface area contributed by atoms with Crippen LogP contribution < -0.4 is 10.1 Å². The molecule has 1 aromatic rings. The van der Waals surface area contributed by atoms with E-state index in [1.807, 2.05) is 32.0 Å². The molecule has 2 N–H and O–H groups in total. The lowest BCUT2D eigenvalue weighted by Gasteiger charge is -2.19. The van der Waals surface area contributed by atoms with Crippen LogP contribution in [0.3, 0.4) is 0 Å². The number of nitrogens with one attached hydrogen (secondary N) is 1. The number of ether oxygens (including phenoxy) is 1. The summed E-state index contributed by atoms with van der Waals surface area (Å²) in [4.78, 5) is 22.6. The molecule has 5 nitrogen and oxygen atoms in total. The van der Waals surface area contributed by atoms with Crippen LogP contribution in [-0.4, -0.2) is 29.1 Å². The van der Waals surface area contributed by atoms with Crippen LogP contribution in [0.15, 0.2) is 24.3 Å². The van der Waals surface area contributed by atoms with E-state index in [2.05, 4.69) is 5.32 Å². The van der Waals surface area contributed by atoms with Crippen LogP contribution in [0, 0.1) is 6.92 Å². The van der Waals surface area contributed by atoms with Crippen LogP contribution in [0.1, 0.15) is 25.8 Å². The van der Waals surface area contributed by atoms with Gasteiger partial charge in [-0.15, -0.1) is 0 Å². The zero-order valence-corrected chi connectivity index (χ0v) is 11.3. The Kier molecular flexibility index (Phi) is 5.36. The third kappa shape index (κ3) is 4.28. The van der Waals surface area contributed by atoms with Crippen molar-refractivity contribution in [1.82, 2.24) is 5.32 Å². The van der Waals surface area contributed by atoms with Crippen molar-refractivity contribution in [3.63, 3.8) is 0 Å². The van der Waals surface area contributed by atoms with E-state index < -0.39 is 24.0 Å². The number of rotatable bonds is 6. The van der Waals surface area contributed by atoms with Gasteiger partial charge in [-0.05, 0) is 31.9 Å². The second-order valence-electron chi connectivity index (χ2n) is 4.35. The third-order valence-electron chi connectivity index (χ3n) is 2.76. The molecule has 104 valence electrons. The van der Waals surface area contributed by atoms with E-state index in [1.165, 1.54) is 6.92 Å². The summed E-state index contributed by atoms with van der Waals surface area (Å²) in [5.41, 5.74) is 0.931. The standard InChI is InChI=1S/C14H19NO4/c1-4-11(13(16)15-10(3)14(17)18)19-12-8-6-5-7-9(12)2/h5-8,10-11H,4H2,1-3H3,(H,15,16)(H,17,18). The predicted molar refractivity (Wildman–Crippen MR) is 71.1 cm³/mol. The first-order chi connectivity index (χ1) is 8.95. The highest BCUT2D eigenvalue weighted by Crippen LogP contribution is 2.18. The van der Waals surface area contributed by atoms with E-state index in [0.717, 1.165) is 5.56 Å². The minimum absolute atomic E-state index is 0.416. The normalized spacial score (nSPS) is 13.4. The van der Waals surface area contributed by atoms with Gasteiger partial charge in [0.15, 0.2) is 6.10 Å². The van der Waals surface area contributed by atoms with Crippen LogP contribution in [0.5, 0.6) is 5.75 Å². The molecule has 0 bridgehead atoms. The van der Waals surface area contributed by atoms with Crippen LogP contribution in [0.2, 0.25) is 0 Å². The zero-order valence-electron chi connectivity index (χ0n) is 11.3. The number of amides is 1. The van der Waals surface area contributed by atoms with Crippen molar-refractivity contribution < 1.29 is 19.4 Å². The highest BCUT2D eigenvalue weighted by Gasteiger charge is 2.22. The van der Waals surface area contributed by atoms with Gasteiger partial charge < -0.3 is 15.2 Å². The molecule has 0 radical (unpaired) electrons. The number of carbonyl (C=O) groups excluding carboxylic acids is 1. The highest BCUT2D eigenvalue weighted by molar-refractivity contribution is 5.86. The Morgan fingerprint density at radius 1 is 1.37 bits per heavy atom. The van der Waals surface area contributed by atoms with Gasteiger partial charge in [0, 0.05) is 0 Å². The summed E-state index contributed by atoms with van der Waals surface area (Å²) in [5.74, 6) is -0.854. The number of carbonyl (C=O) groups is 2. The number of benzene rings is 1. The maximum Gasteiger partial charge on any atom is 0.325 e. The second kappa shape index (κ2) is 6.78. The van der Waals surface area contributed by atoms with Gasteiger partial charge in [0.1, 0.15) is 11.8 Å². The van der Waals surface area contributed by atoms with Crippen molar-refractivity contribution in [3.8, 4) is 5.75 Å². The van der Waals surface area contributed by atoms with Crippen molar-refractivity contribution in [2.45, 2.75) is 39.3 Å². The first-order valence-electron chi connectivity index (χ1n) is 6.21. The van der Waals surface area contributed by atoms with Gasteiger partial charge in [0.2, 0.25) is 0 Å². The van der Waals surface area contributed by atoms with Gasteiger partial charge in [0.05, 0.1) is 0 Å². The van der Waals surface area contributed by atoms with E-state index in [4.69, 9.17) is 9.84 Å². The van der Waals surface area contributed by atoms with Gasteiger partial charge in [-0.3, -0.25) is 9.59 Å².